The van der Waals surface area contributed by atoms with E-state index in [1.807, 2.05) is 24.3 Å². The molecule has 1 aliphatic carbocycles. The van der Waals surface area contributed by atoms with Gasteiger partial charge in [-0.1, -0.05) is 76.1 Å². The Bertz CT molecular complexity index is 700. The molecular formula is C27H46O5Si. The molecule has 6 heteroatoms. The lowest BCUT2D eigenvalue weighted by Gasteiger charge is -2.23. The minimum Gasteiger partial charge on any atom is -0.481 e. The molecule has 188 valence electrons. The summed E-state index contributed by atoms with van der Waals surface area (Å²) < 4.78 is 0. The van der Waals surface area contributed by atoms with Crippen molar-refractivity contribution in [1.29, 1.82) is 0 Å². The van der Waals surface area contributed by atoms with Gasteiger partial charge >= 0.3 is 5.97 Å². The molecule has 5 atom stereocenters. The van der Waals surface area contributed by atoms with Gasteiger partial charge in [0.25, 0.3) is 0 Å². The second-order valence-electron chi connectivity index (χ2n) is 10.6. The van der Waals surface area contributed by atoms with Gasteiger partial charge in [-0.3, -0.25) is 4.79 Å². The molecule has 0 spiro atoms. The molecule has 1 saturated carbocycles. The Morgan fingerprint density at radius 1 is 1.06 bits per heavy atom. The Morgan fingerprint density at radius 3 is 2.42 bits per heavy atom. The Kier molecular flexibility index (Phi) is 13.3. The van der Waals surface area contributed by atoms with E-state index in [1.165, 1.54) is 0 Å². The van der Waals surface area contributed by atoms with Gasteiger partial charge in [0.15, 0.2) is 0 Å². The Hall–Kier alpha value is -1.39. The van der Waals surface area contributed by atoms with E-state index in [9.17, 15) is 20.1 Å². The maximum absolute atomic E-state index is 11.2. The molecule has 0 bridgehead atoms. The fourth-order valence-corrected chi connectivity index (χ4v) is 4.84. The summed E-state index contributed by atoms with van der Waals surface area (Å²) >= 11 is 0. The molecule has 1 aliphatic rings. The summed E-state index contributed by atoms with van der Waals surface area (Å²) in [6.45, 7) is 8.68. The second-order valence-corrected chi connectivity index (χ2v) is 15.3. The Labute approximate surface area is 202 Å². The van der Waals surface area contributed by atoms with Crippen LogP contribution in [0.4, 0.5) is 0 Å². The van der Waals surface area contributed by atoms with Crippen LogP contribution in [0.2, 0.25) is 19.6 Å². The van der Waals surface area contributed by atoms with Crippen LogP contribution in [0, 0.1) is 23.3 Å². The Balaban J connectivity index is 2.77. The Morgan fingerprint density at radius 2 is 1.79 bits per heavy atom. The molecular weight excluding hydrogens is 432 g/mol. The third-order valence-corrected chi connectivity index (χ3v) is 7.06. The molecule has 1 unspecified atom stereocenters. The van der Waals surface area contributed by atoms with Crippen molar-refractivity contribution in [2.45, 2.75) is 115 Å². The highest BCUT2D eigenvalue weighted by atomic mass is 28.3. The van der Waals surface area contributed by atoms with E-state index in [1.54, 1.807) is 0 Å². The van der Waals surface area contributed by atoms with Crippen molar-refractivity contribution in [3.05, 3.63) is 24.3 Å². The maximum atomic E-state index is 11.2. The van der Waals surface area contributed by atoms with E-state index >= 15 is 0 Å². The number of aliphatic hydroxyl groups is 3. The van der Waals surface area contributed by atoms with Gasteiger partial charge in [-0.15, -0.1) is 5.54 Å². The molecule has 4 N–H and O–H groups in total. The number of carbonyl (C=O) groups is 1. The third-order valence-electron chi connectivity index (χ3n) is 6.18. The van der Waals surface area contributed by atoms with Crippen molar-refractivity contribution in [1.82, 2.24) is 0 Å². The molecule has 0 aliphatic heterocycles. The van der Waals surface area contributed by atoms with Gasteiger partial charge in [0, 0.05) is 25.2 Å². The van der Waals surface area contributed by atoms with E-state index < -0.39 is 31.9 Å². The highest BCUT2D eigenvalue weighted by Crippen LogP contribution is 2.36. The average Bonchev–Trinajstić information content (AvgIpc) is 2.98. The van der Waals surface area contributed by atoms with Gasteiger partial charge in [0.2, 0.25) is 0 Å². The number of allylic oxidation sites excluding steroid dienone is 2. The SMILES string of the molecule is CCCCCCC(O)(C#C[Si](C)(C)C)CC=C[C@@H]1[C@@H](CC=CCCCC(=O)O)[C@@H](O)C[C@H]1O. The van der Waals surface area contributed by atoms with Crippen LogP contribution in [-0.2, 0) is 4.79 Å². The summed E-state index contributed by atoms with van der Waals surface area (Å²) in [5, 5.41) is 40.9. The first-order chi connectivity index (χ1) is 15.5. The summed E-state index contributed by atoms with van der Waals surface area (Å²) in [5.41, 5.74) is 2.28. The van der Waals surface area contributed by atoms with Crippen LogP contribution in [0.1, 0.15) is 77.6 Å². The molecule has 0 heterocycles. The van der Waals surface area contributed by atoms with Crippen molar-refractivity contribution >= 4 is 14.0 Å². The zero-order valence-electron chi connectivity index (χ0n) is 21.1. The second kappa shape index (κ2) is 14.8. The molecule has 0 radical (unpaired) electrons. The van der Waals surface area contributed by atoms with Gasteiger partial charge in [-0.2, -0.15) is 0 Å². The zero-order valence-corrected chi connectivity index (χ0v) is 22.1. The summed E-state index contributed by atoms with van der Waals surface area (Å²) in [7, 11) is -1.61. The van der Waals surface area contributed by atoms with Gasteiger partial charge in [-0.05, 0) is 38.0 Å². The zero-order chi connectivity index (χ0) is 24.9. The lowest BCUT2D eigenvalue weighted by Crippen LogP contribution is -2.28. The highest BCUT2D eigenvalue weighted by Gasteiger charge is 2.39. The number of carboxylic acids is 1. The molecule has 0 saturated heterocycles. The largest absolute Gasteiger partial charge is 0.481 e. The van der Waals surface area contributed by atoms with Crippen LogP contribution in [0.15, 0.2) is 24.3 Å². The van der Waals surface area contributed by atoms with Crippen LogP contribution in [-0.4, -0.2) is 52.3 Å². The van der Waals surface area contributed by atoms with Crippen molar-refractivity contribution in [3.8, 4) is 11.5 Å². The standard InChI is InChI=1S/C27H46O5Si/c1-5-6-7-12-17-27(32,19-20-33(2,3)4)18-13-15-23-22(24(28)21-25(23)29)14-10-8-9-11-16-26(30)31/h8,10,13,15,22-25,28-29,32H,5-7,9,11-12,14,16-18,21H2,1-4H3,(H,30,31)/t22-,23-,24+,25-,27?/m1/s1. The molecule has 0 aromatic rings. The molecule has 1 rings (SSSR count). The number of rotatable bonds is 14. The summed E-state index contributed by atoms with van der Waals surface area (Å²) in [6.07, 6.45) is 14.5. The molecule has 33 heavy (non-hydrogen) atoms. The minimum absolute atomic E-state index is 0.0855. The normalized spacial score (nSPS) is 25.3. The monoisotopic (exact) mass is 478 g/mol. The van der Waals surface area contributed by atoms with Crippen LogP contribution >= 0.6 is 0 Å². The smallest absolute Gasteiger partial charge is 0.303 e. The van der Waals surface area contributed by atoms with E-state index in [4.69, 9.17) is 5.11 Å². The van der Waals surface area contributed by atoms with Gasteiger partial charge < -0.3 is 20.4 Å². The van der Waals surface area contributed by atoms with E-state index in [-0.39, 0.29) is 18.3 Å². The number of hydrogen-bond donors (Lipinski definition) is 4. The van der Waals surface area contributed by atoms with Crippen LogP contribution in [0.3, 0.4) is 0 Å². The maximum Gasteiger partial charge on any atom is 0.303 e. The third kappa shape index (κ3) is 12.6. The van der Waals surface area contributed by atoms with Crippen molar-refractivity contribution in [2.75, 3.05) is 0 Å². The lowest BCUT2D eigenvalue weighted by atomic mass is 9.88. The number of hydrogen-bond acceptors (Lipinski definition) is 4. The molecule has 0 aromatic carbocycles. The quantitative estimate of drug-likeness (QED) is 0.121. The van der Waals surface area contributed by atoms with Gasteiger partial charge in [0.05, 0.1) is 12.2 Å². The average molecular weight is 479 g/mol. The lowest BCUT2D eigenvalue weighted by molar-refractivity contribution is -0.137. The molecule has 0 aromatic heterocycles. The first-order valence-electron chi connectivity index (χ1n) is 12.6. The summed E-state index contributed by atoms with van der Waals surface area (Å²) in [6, 6.07) is 0. The van der Waals surface area contributed by atoms with Crippen molar-refractivity contribution < 1.29 is 25.2 Å². The molecule has 1 fully saturated rings. The van der Waals surface area contributed by atoms with Gasteiger partial charge in [-0.25, -0.2) is 0 Å². The van der Waals surface area contributed by atoms with Crippen LogP contribution in [0.25, 0.3) is 0 Å². The van der Waals surface area contributed by atoms with Crippen LogP contribution < -0.4 is 0 Å². The first-order valence-corrected chi connectivity index (χ1v) is 16.1. The topological polar surface area (TPSA) is 98.0 Å². The van der Waals surface area contributed by atoms with E-state index in [2.05, 4.69) is 38.0 Å². The number of aliphatic carboxylic acids is 1. The highest BCUT2D eigenvalue weighted by molar-refractivity contribution is 6.83. The van der Waals surface area contributed by atoms with Crippen molar-refractivity contribution in [2.24, 2.45) is 11.8 Å². The summed E-state index contributed by atoms with van der Waals surface area (Å²) in [5.74, 6) is 2.14. The fourth-order valence-electron chi connectivity index (χ4n) is 4.23. The molecule has 0 amide bonds. The van der Waals surface area contributed by atoms with E-state index in [0.717, 1.165) is 25.7 Å². The predicted octanol–water partition coefficient (Wildman–Crippen LogP) is 5.07. The van der Waals surface area contributed by atoms with Gasteiger partial charge in [0.1, 0.15) is 13.7 Å². The van der Waals surface area contributed by atoms with Crippen molar-refractivity contribution in [3.63, 3.8) is 0 Å². The first kappa shape index (κ1) is 29.6. The fraction of sp³-hybridized carbons (Fsp3) is 0.741. The van der Waals surface area contributed by atoms with Crippen LogP contribution in [0.5, 0.6) is 0 Å². The molecule has 5 nitrogen and oxygen atoms in total. The predicted molar refractivity (Wildman–Crippen MR) is 137 cm³/mol. The van der Waals surface area contributed by atoms with E-state index in [0.29, 0.717) is 38.5 Å². The number of carboxylic acid groups (broad SMARTS) is 1. The number of unbranched alkanes of at least 4 members (excludes halogenated alkanes) is 4. The number of aliphatic hydroxyl groups excluding tert-OH is 2. The minimum atomic E-state index is -1.61. The summed E-state index contributed by atoms with van der Waals surface area (Å²) in [4.78, 5) is 10.6.